The molecule has 0 aromatic heterocycles. The van der Waals surface area contributed by atoms with E-state index in [1.54, 1.807) is 66.4 Å². The highest BCUT2D eigenvalue weighted by molar-refractivity contribution is 8.77. The molecule has 0 aliphatic carbocycles. The van der Waals surface area contributed by atoms with Crippen LogP contribution in [-0.4, -0.2) is 116 Å². The summed E-state index contributed by atoms with van der Waals surface area (Å²) in [5.74, 6) is 0.190. The quantitative estimate of drug-likeness (QED) is 0.120. The maximum atomic E-state index is 12.6. The van der Waals surface area contributed by atoms with Crippen LogP contribution in [0.3, 0.4) is 0 Å². The highest BCUT2D eigenvalue weighted by Crippen LogP contribution is 2.38. The number of ether oxygens (including phenoxy) is 3. The maximum absolute atomic E-state index is 12.6. The van der Waals surface area contributed by atoms with Gasteiger partial charge in [-0.3, -0.25) is 14.4 Å². The van der Waals surface area contributed by atoms with Gasteiger partial charge in [-0.05, 0) is 26.7 Å². The van der Waals surface area contributed by atoms with E-state index in [0.29, 0.717) is 51.3 Å². The van der Waals surface area contributed by atoms with Crippen molar-refractivity contribution >= 4 is 45.5 Å². The largest absolute Gasteiger partial charge is 0.464 e. The van der Waals surface area contributed by atoms with Gasteiger partial charge in [0.05, 0.1) is 25.5 Å². The third-order valence-corrected chi connectivity index (χ3v) is 8.82. The third kappa shape index (κ3) is 17.8. The predicted molar refractivity (Wildman–Crippen MR) is 154 cm³/mol. The number of carbonyl (C=O) groups is 4. The van der Waals surface area contributed by atoms with E-state index < -0.39 is 6.09 Å². The Labute approximate surface area is 237 Å². The summed E-state index contributed by atoms with van der Waals surface area (Å²) in [6.45, 7) is 12.4. The summed E-state index contributed by atoms with van der Waals surface area (Å²) in [7, 11) is 8.37. The Bertz CT molecular complexity index is 723. The number of hydrogen-bond acceptors (Lipinski definition) is 9. The number of rotatable bonds is 20. The Hall–Kier alpha value is -1.66. The SMILES string of the molecule is CCCOCCC(=O)N(C)CCN(C)C(=O)CCC(C)(C)SSCCOC(=O)N(C)CCOC(=O)C(C)C. The molecule has 0 fully saturated rings. The molecule has 0 heterocycles. The van der Waals surface area contributed by atoms with Crippen molar-refractivity contribution < 1.29 is 33.4 Å². The van der Waals surface area contributed by atoms with E-state index in [1.807, 2.05) is 6.92 Å². The van der Waals surface area contributed by atoms with Crippen molar-refractivity contribution in [2.45, 2.75) is 65.0 Å². The number of carbonyl (C=O) groups excluding carboxylic acids is 4. The van der Waals surface area contributed by atoms with Gasteiger partial charge in [-0.15, -0.1) is 0 Å². The van der Waals surface area contributed by atoms with Gasteiger partial charge in [0.25, 0.3) is 0 Å². The average Bonchev–Trinajstić information content (AvgIpc) is 2.87. The normalized spacial score (nSPS) is 11.3. The summed E-state index contributed by atoms with van der Waals surface area (Å²) in [5.41, 5.74) is 0. The maximum Gasteiger partial charge on any atom is 0.409 e. The van der Waals surface area contributed by atoms with Gasteiger partial charge in [0.1, 0.15) is 13.2 Å². The number of nitrogens with zero attached hydrogens (tertiary/aromatic N) is 3. The van der Waals surface area contributed by atoms with Gasteiger partial charge < -0.3 is 28.9 Å². The zero-order valence-electron chi connectivity index (χ0n) is 24.6. The molecule has 0 spiro atoms. The minimum atomic E-state index is -0.457. The van der Waals surface area contributed by atoms with Crippen LogP contribution in [-0.2, 0) is 28.6 Å². The van der Waals surface area contributed by atoms with Crippen LogP contribution in [0.1, 0.15) is 60.3 Å². The number of esters is 1. The lowest BCUT2D eigenvalue weighted by atomic mass is 10.1. The van der Waals surface area contributed by atoms with Gasteiger partial charge in [-0.25, -0.2) is 4.79 Å². The highest BCUT2D eigenvalue weighted by Gasteiger charge is 2.22. The smallest absolute Gasteiger partial charge is 0.409 e. The van der Waals surface area contributed by atoms with E-state index in [9.17, 15) is 19.2 Å². The van der Waals surface area contributed by atoms with Crippen LogP contribution >= 0.6 is 21.6 Å². The summed E-state index contributed by atoms with van der Waals surface area (Å²) in [6, 6.07) is 0. The first-order chi connectivity index (χ1) is 17.8. The molecule has 0 aromatic rings. The van der Waals surface area contributed by atoms with E-state index in [1.165, 1.54) is 4.90 Å². The van der Waals surface area contributed by atoms with Crippen molar-refractivity contribution in [3.8, 4) is 0 Å². The summed E-state index contributed by atoms with van der Waals surface area (Å²) >= 11 is 0. The minimum absolute atomic E-state index is 0.0148. The monoisotopic (exact) mass is 579 g/mol. The van der Waals surface area contributed by atoms with Crippen LogP contribution in [0.25, 0.3) is 0 Å². The molecular weight excluding hydrogens is 530 g/mol. The molecule has 0 bridgehead atoms. The van der Waals surface area contributed by atoms with Crippen molar-refractivity contribution in [3.63, 3.8) is 0 Å². The Morgan fingerprint density at radius 3 is 1.97 bits per heavy atom. The van der Waals surface area contributed by atoms with Gasteiger partial charge >= 0.3 is 12.1 Å². The molecule has 0 aliphatic heterocycles. The van der Waals surface area contributed by atoms with E-state index >= 15 is 0 Å². The standard InChI is InChI=1S/C26H49N3O7S2/c1-9-16-34-17-11-23(31)28(7)14-13-27(6)22(30)10-12-26(4,5)38-37-20-19-36-25(33)29(8)15-18-35-24(32)21(2)3/h21H,9-20H2,1-8H3. The van der Waals surface area contributed by atoms with Crippen molar-refractivity contribution in [2.75, 3.05) is 73.0 Å². The van der Waals surface area contributed by atoms with Crippen LogP contribution in [0.15, 0.2) is 0 Å². The lowest BCUT2D eigenvalue weighted by molar-refractivity contribution is -0.147. The molecule has 0 N–H and O–H groups in total. The van der Waals surface area contributed by atoms with Gasteiger partial charge in [0.2, 0.25) is 11.8 Å². The first kappa shape index (κ1) is 36.3. The molecule has 0 aliphatic rings. The lowest BCUT2D eigenvalue weighted by Gasteiger charge is -2.26. The Kier molecular flexibility index (Phi) is 19.4. The fourth-order valence-electron chi connectivity index (χ4n) is 2.80. The van der Waals surface area contributed by atoms with Crippen LogP contribution in [0.2, 0.25) is 0 Å². The number of amides is 3. The molecule has 0 saturated heterocycles. The van der Waals surface area contributed by atoms with Crippen LogP contribution in [0.4, 0.5) is 4.79 Å². The zero-order chi connectivity index (χ0) is 29.1. The Balaban J connectivity index is 4.09. The molecule has 0 unspecified atom stereocenters. The Morgan fingerprint density at radius 2 is 1.39 bits per heavy atom. The minimum Gasteiger partial charge on any atom is -0.464 e. The second-order valence-electron chi connectivity index (χ2n) is 10.0. The van der Waals surface area contributed by atoms with Crippen LogP contribution in [0, 0.1) is 5.92 Å². The molecule has 0 rings (SSSR count). The van der Waals surface area contributed by atoms with Crippen molar-refractivity contribution in [1.82, 2.24) is 14.7 Å². The molecule has 0 radical (unpaired) electrons. The van der Waals surface area contributed by atoms with E-state index in [0.717, 1.165) is 6.42 Å². The van der Waals surface area contributed by atoms with Crippen molar-refractivity contribution in [2.24, 2.45) is 5.92 Å². The van der Waals surface area contributed by atoms with E-state index in [-0.39, 0.29) is 48.2 Å². The lowest BCUT2D eigenvalue weighted by Crippen LogP contribution is -2.38. The van der Waals surface area contributed by atoms with Crippen LogP contribution in [0.5, 0.6) is 0 Å². The molecule has 0 saturated carbocycles. The van der Waals surface area contributed by atoms with E-state index in [2.05, 4.69) is 13.8 Å². The highest BCUT2D eigenvalue weighted by atomic mass is 33.1. The molecule has 0 aromatic carbocycles. The van der Waals surface area contributed by atoms with Crippen LogP contribution < -0.4 is 0 Å². The molecule has 10 nitrogen and oxygen atoms in total. The second kappa shape index (κ2) is 20.3. The van der Waals surface area contributed by atoms with Gasteiger partial charge in [-0.2, -0.15) is 0 Å². The molecule has 222 valence electrons. The first-order valence-corrected chi connectivity index (χ1v) is 15.5. The van der Waals surface area contributed by atoms with Gasteiger partial charge in [0.15, 0.2) is 0 Å². The second-order valence-corrected chi connectivity index (χ2v) is 13.1. The zero-order valence-corrected chi connectivity index (χ0v) is 26.2. The predicted octanol–water partition coefficient (Wildman–Crippen LogP) is 3.93. The first-order valence-electron chi connectivity index (χ1n) is 13.2. The summed E-state index contributed by atoms with van der Waals surface area (Å²) in [4.78, 5) is 52.9. The summed E-state index contributed by atoms with van der Waals surface area (Å²) in [6.07, 6.45) is 1.94. The molecule has 12 heteroatoms. The molecule has 0 atom stereocenters. The molecular formula is C26H49N3O7S2. The Morgan fingerprint density at radius 1 is 0.789 bits per heavy atom. The number of likely N-dealkylation sites (N-methyl/N-ethyl adjacent to an activating group) is 3. The average molecular weight is 580 g/mol. The molecule has 38 heavy (non-hydrogen) atoms. The fraction of sp³-hybridized carbons (Fsp3) is 0.846. The van der Waals surface area contributed by atoms with Crippen molar-refractivity contribution in [1.29, 1.82) is 0 Å². The summed E-state index contributed by atoms with van der Waals surface area (Å²) in [5, 5.41) is 0. The van der Waals surface area contributed by atoms with Crippen molar-refractivity contribution in [3.05, 3.63) is 0 Å². The third-order valence-electron chi connectivity index (χ3n) is 5.50. The molecule has 3 amide bonds. The fourth-order valence-corrected chi connectivity index (χ4v) is 5.20. The topological polar surface area (TPSA) is 106 Å². The van der Waals surface area contributed by atoms with Gasteiger partial charge in [0, 0.05) is 57.8 Å². The number of hydrogen-bond donors (Lipinski definition) is 0. The van der Waals surface area contributed by atoms with E-state index in [4.69, 9.17) is 14.2 Å². The summed E-state index contributed by atoms with van der Waals surface area (Å²) < 4.78 is 15.6. The van der Waals surface area contributed by atoms with Gasteiger partial charge in [-0.1, -0.05) is 42.4 Å².